The van der Waals surface area contributed by atoms with Gasteiger partial charge in [-0.15, -0.1) is 0 Å². The van der Waals surface area contributed by atoms with Crippen LogP contribution in [0.2, 0.25) is 0 Å². The second-order valence-corrected chi connectivity index (χ2v) is 9.03. The third-order valence-electron chi connectivity index (χ3n) is 6.27. The van der Waals surface area contributed by atoms with Crippen molar-refractivity contribution in [1.82, 2.24) is 14.8 Å². The number of halogens is 1. The van der Waals surface area contributed by atoms with E-state index < -0.39 is 0 Å². The van der Waals surface area contributed by atoms with Gasteiger partial charge in [0, 0.05) is 18.7 Å². The summed E-state index contributed by atoms with van der Waals surface area (Å²) in [6.45, 7) is 4.44. The summed E-state index contributed by atoms with van der Waals surface area (Å²) in [5, 5.41) is 11.1. The highest BCUT2D eigenvalue weighted by Crippen LogP contribution is 2.36. The van der Waals surface area contributed by atoms with Gasteiger partial charge < -0.3 is 10.2 Å². The molecule has 3 aromatic carbocycles. The van der Waals surface area contributed by atoms with Gasteiger partial charge in [0.1, 0.15) is 18.1 Å². The molecule has 0 fully saturated rings. The van der Waals surface area contributed by atoms with Crippen LogP contribution in [0.1, 0.15) is 40.9 Å². The summed E-state index contributed by atoms with van der Waals surface area (Å²) in [7, 11) is 0. The zero-order chi connectivity index (χ0) is 26.5. The molecule has 2 aromatic heterocycles. The Balaban J connectivity index is 0.000000179. The van der Waals surface area contributed by atoms with E-state index in [0.29, 0.717) is 12.4 Å². The van der Waals surface area contributed by atoms with E-state index in [1.807, 2.05) is 67.4 Å². The zero-order valence-electron chi connectivity index (χ0n) is 21.3. The van der Waals surface area contributed by atoms with Crippen LogP contribution in [-0.2, 0) is 6.54 Å². The van der Waals surface area contributed by atoms with E-state index in [0.717, 1.165) is 46.0 Å². The number of hydrogen-bond acceptors (Lipinski definition) is 6. The number of rotatable bonds is 5. The topological polar surface area (TPSA) is 85.5 Å². The van der Waals surface area contributed by atoms with E-state index in [4.69, 9.17) is 15.3 Å². The molecule has 1 atom stereocenters. The first-order valence-electron chi connectivity index (χ1n) is 12.4. The van der Waals surface area contributed by atoms with Crippen molar-refractivity contribution in [2.45, 2.75) is 32.9 Å². The summed E-state index contributed by atoms with van der Waals surface area (Å²) >= 11 is 0. The van der Waals surface area contributed by atoms with Crippen molar-refractivity contribution < 1.29 is 8.81 Å². The monoisotopic (exact) mass is 508 g/mol. The summed E-state index contributed by atoms with van der Waals surface area (Å²) in [4.78, 5) is 4.33. The van der Waals surface area contributed by atoms with Crippen LogP contribution in [0.15, 0.2) is 107 Å². The van der Waals surface area contributed by atoms with Gasteiger partial charge in [-0.2, -0.15) is 10.2 Å². The van der Waals surface area contributed by atoms with Gasteiger partial charge in [0.2, 0.25) is 5.89 Å². The molecule has 0 saturated heterocycles. The Morgan fingerprint density at radius 3 is 2.26 bits per heavy atom. The van der Waals surface area contributed by atoms with Gasteiger partial charge in [-0.05, 0) is 67.4 Å². The molecule has 0 radical (unpaired) electrons. The molecule has 0 spiro atoms. The fourth-order valence-electron chi connectivity index (χ4n) is 4.40. The Labute approximate surface area is 221 Å². The first-order valence-corrected chi connectivity index (χ1v) is 12.4. The number of hydrogen-bond donors (Lipinski definition) is 1. The summed E-state index contributed by atoms with van der Waals surface area (Å²) in [6, 6.07) is 26.6. The van der Waals surface area contributed by atoms with Crippen LogP contribution < -0.4 is 10.7 Å². The number of aromatic nitrogens is 3. The predicted molar refractivity (Wildman–Crippen MR) is 147 cm³/mol. The molecule has 1 unspecified atom stereocenters. The number of anilines is 1. The third-order valence-corrected chi connectivity index (χ3v) is 6.27. The van der Waals surface area contributed by atoms with Crippen LogP contribution in [0.4, 0.5) is 10.1 Å². The number of oxazole rings is 1. The van der Waals surface area contributed by atoms with Crippen LogP contribution in [-0.4, -0.2) is 20.5 Å². The lowest BCUT2D eigenvalue weighted by atomic mass is 10.0. The van der Waals surface area contributed by atoms with Crippen molar-refractivity contribution in [3.05, 3.63) is 132 Å². The molecular formula is C30H29FN6O. The van der Waals surface area contributed by atoms with E-state index in [1.54, 1.807) is 29.3 Å². The summed E-state index contributed by atoms with van der Waals surface area (Å²) in [5.74, 6) is 0.447. The van der Waals surface area contributed by atoms with Gasteiger partial charge >= 0.3 is 0 Å². The zero-order valence-corrected chi connectivity index (χ0v) is 21.3. The highest BCUT2D eigenvalue weighted by molar-refractivity contribution is 6.03. The number of benzene rings is 3. The molecule has 0 saturated carbocycles. The van der Waals surface area contributed by atoms with E-state index in [2.05, 4.69) is 22.2 Å². The van der Waals surface area contributed by atoms with E-state index >= 15 is 0 Å². The quantitative estimate of drug-likeness (QED) is 0.309. The van der Waals surface area contributed by atoms with Gasteiger partial charge in [0.05, 0.1) is 29.0 Å². The second-order valence-electron chi connectivity index (χ2n) is 9.03. The smallest absolute Gasteiger partial charge is 0.219 e. The maximum atomic E-state index is 12.7. The molecule has 5 aromatic rings. The lowest BCUT2D eigenvalue weighted by Crippen LogP contribution is -2.18. The minimum Gasteiger partial charge on any atom is -0.447 e. The minimum atomic E-state index is -0.227. The Hall–Kier alpha value is -4.56. The molecule has 0 bridgehead atoms. The molecule has 8 heteroatoms. The van der Waals surface area contributed by atoms with Gasteiger partial charge in [0.25, 0.3) is 0 Å². The average molecular weight is 509 g/mol. The lowest BCUT2D eigenvalue weighted by molar-refractivity contribution is 0.449. The summed E-state index contributed by atoms with van der Waals surface area (Å²) in [6.07, 6.45) is 4.03. The van der Waals surface area contributed by atoms with Crippen molar-refractivity contribution >= 4 is 11.4 Å². The Kier molecular flexibility index (Phi) is 7.42. The van der Waals surface area contributed by atoms with Crippen molar-refractivity contribution in [3.63, 3.8) is 0 Å². The standard InChI is InChI=1S/C19H18N4O.C11H11FN2/c20-13-14-6-8-16(9-7-14)23-18(19-21-10-11-24-19)12-17(22-23)15-4-2-1-3-5-15;1-8-7-9(2)14(13-8)11-5-3-10(12)4-6-11/h1-11,18H,12-13,20H2;3-7H,1-2H3. The highest BCUT2D eigenvalue weighted by atomic mass is 19.1. The molecule has 3 heterocycles. The number of aryl methyl sites for hydroxylation is 2. The molecular weight excluding hydrogens is 479 g/mol. The third kappa shape index (κ3) is 5.55. The van der Waals surface area contributed by atoms with Crippen molar-refractivity contribution in [3.8, 4) is 5.69 Å². The number of hydrazone groups is 1. The lowest BCUT2D eigenvalue weighted by Gasteiger charge is -2.21. The van der Waals surface area contributed by atoms with Crippen molar-refractivity contribution in [1.29, 1.82) is 0 Å². The minimum absolute atomic E-state index is 0.0427. The number of nitrogens with zero attached hydrogens (tertiary/aromatic N) is 5. The highest BCUT2D eigenvalue weighted by Gasteiger charge is 2.32. The van der Waals surface area contributed by atoms with E-state index in [9.17, 15) is 4.39 Å². The van der Waals surface area contributed by atoms with Crippen LogP contribution in [0.25, 0.3) is 5.69 Å². The fourth-order valence-corrected chi connectivity index (χ4v) is 4.40. The Morgan fingerprint density at radius 2 is 1.66 bits per heavy atom. The summed E-state index contributed by atoms with van der Waals surface area (Å²) < 4.78 is 20.0. The summed E-state index contributed by atoms with van der Waals surface area (Å²) in [5.41, 5.74) is 12.8. The molecule has 6 rings (SSSR count). The van der Waals surface area contributed by atoms with E-state index in [1.165, 1.54) is 12.1 Å². The Morgan fingerprint density at radius 1 is 0.947 bits per heavy atom. The maximum absolute atomic E-state index is 12.7. The SMILES string of the molecule is Cc1cc(C)n(-c2ccc(F)cc2)n1.NCc1ccc(N2N=C(c3ccccc3)CC2c2ncco2)cc1. The van der Waals surface area contributed by atoms with E-state index in [-0.39, 0.29) is 11.9 Å². The normalized spacial score (nSPS) is 14.7. The van der Waals surface area contributed by atoms with Crippen molar-refractivity contribution in [2.24, 2.45) is 10.8 Å². The molecule has 1 aliphatic rings. The largest absolute Gasteiger partial charge is 0.447 e. The molecule has 192 valence electrons. The molecule has 7 nitrogen and oxygen atoms in total. The molecule has 0 aliphatic carbocycles. The van der Waals surface area contributed by atoms with Gasteiger partial charge in [0.15, 0.2) is 0 Å². The fraction of sp³-hybridized carbons (Fsp3) is 0.167. The van der Waals surface area contributed by atoms with Gasteiger partial charge in [-0.25, -0.2) is 14.1 Å². The van der Waals surface area contributed by atoms with Crippen LogP contribution >= 0.6 is 0 Å². The molecule has 2 N–H and O–H groups in total. The van der Waals surface area contributed by atoms with Gasteiger partial charge in [-0.1, -0.05) is 42.5 Å². The van der Waals surface area contributed by atoms with Crippen LogP contribution in [0.5, 0.6) is 0 Å². The molecule has 38 heavy (non-hydrogen) atoms. The van der Waals surface area contributed by atoms with Gasteiger partial charge in [-0.3, -0.25) is 5.01 Å². The van der Waals surface area contributed by atoms with Crippen molar-refractivity contribution in [2.75, 3.05) is 5.01 Å². The Bertz CT molecular complexity index is 1490. The number of nitrogens with two attached hydrogens (primary N) is 1. The second kappa shape index (κ2) is 11.2. The predicted octanol–water partition coefficient (Wildman–Crippen LogP) is 6.12. The first-order chi connectivity index (χ1) is 18.5. The maximum Gasteiger partial charge on any atom is 0.219 e. The van der Waals surface area contributed by atoms with Crippen LogP contribution in [0, 0.1) is 19.7 Å². The molecule has 1 aliphatic heterocycles. The first kappa shape index (κ1) is 25.1. The molecule has 0 amide bonds. The van der Waals surface area contributed by atoms with Crippen LogP contribution in [0.3, 0.4) is 0 Å². The average Bonchev–Trinajstić information content (AvgIpc) is 3.70.